The highest BCUT2D eigenvalue weighted by atomic mass is 35.5. The highest BCUT2D eigenvalue weighted by molar-refractivity contribution is 6.30. The van der Waals surface area contributed by atoms with E-state index < -0.39 is 0 Å². The number of nitrogens with zero attached hydrogens (tertiary/aromatic N) is 1. The molecular formula is C17H15ClN2O3. The normalized spacial score (nSPS) is 9.83. The van der Waals surface area contributed by atoms with Gasteiger partial charge < -0.3 is 14.8 Å². The van der Waals surface area contributed by atoms with Crippen molar-refractivity contribution >= 4 is 23.2 Å². The van der Waals surface area contributed by atoms with Crippen molar-refractivity contribution in [1.29, 1.82) is 5.26 Å². The van der Waals surface area contributed by atoms with E-state index in [2.05, 4.69) is 5.32 Å². The van der Waals surface area contributed by atoms with Crippen LogP contribution in [-0.2, 0) is 4.79 Å². The standard InChI is InChI=1S/C17H15ClN2O3/c1-11-7-13(18)4-5-14(11)20-17(21)10-23-15-6-3-12(9-19)8-16(15)22-2/h3-8H,10H2,1-2H3,(H,20,21). The molecule has 0 saturated heterocycles. The van der Waals surface area contributed by atoms with Crippen LogP contribution < -0.4 is 14.8 Å². The first-order valence-electron chi connectivity index (χ1n) is 6.80. The lowest BCUT2D eigenvalue weighted by Gasteiger charge is -2.12. The predicted molar refractivity (Wildman–Crippen MR) is 88.0 cm³/mol. The number of hydrogen-bond donors (Lipinski definition) is 1. The highest BCUT2D eigenvalue weighted by Crippen LogP contribution is 2.27. The summed E-state index contributed by atoms with van der Waals surface area (Å²) in [6.07, 6.45) is 0. The van der Waals surface area contributed by atoms with Gasteiger partial charge in [-0.15, -0.1) is 0 Å². The van der Waals surface area contributed by atoms with Crippen LogP contribution in [0.2, 0.25) is 5.02 Å². The van der Waals surface area contributed by atoms with Crippen LogP contribution in [0.15, 0.2) is 36.4 Å². The van der Waals surface area contributed by atoms with E-state index in [1.165, 1.54) is 7.11 Å². The number of benzene rings is 2. The summed E-state index contributed by atoms with van der Waals surface area (Å²) in [5.74, 6) is 0.496. The molecule has 0 aliphatic heterocycles. The number of methoxy groups -OCH3 is 1. The van der Waals surface area contributed by atoms with Gasteiger partial charge in [0.05, 0.1) is 18.7 Å². The van der Waals surface area contributed by atoms with Gasteiger partial charge >= 0.3 is 0 Å². The maximum atomic E-state index is 12.0. The Hall–Kier alpha value is -2.71. The SMILES string of the molecule is COc1cc(C#N)ccc1OCC(=O)Nc1ccc(Cl)cc1C. The van der Waals surface area contributed by atoms with Crippen molar-refractivity contribution in [2.45, 2.75) is 6.92 Å². The molecule has 2 rings (SSSR count). The summed E-state index contributed by atoms with van der Waals surface area (Å²) >= 11 is 5.88. The van der Waals surface area contributed by atoms with Crippen molar-refractivity contribution < 1.29 is 14.3 Å². The first kappa shape index (κ1) is 16.7. The monoisotopic (exact) mass is 330 g/mol. The fourth-order valence-electron chi connectivity index (χ4n) is 1.95. The van der Waals surface area contributed by atoms with Gasteiger partial charge in [0.1, 0.15) is 0 Å². The van der Waals surface area contributed by atoms with Crippen LogP contribution in [0.4, 0.5) is 5.69 Å². The summed E-state index contributed by atoms with van der Waals surface area (Å²) in [6.45, 7) is 1.68. The maximum Gasteiger partial charge on any atom is 0.262 e. The van der Waals surface area contributed by atoms with E-state index in [9.17, 15) is 4.79 Å². The molecule has 0 spiro atoms. The molecule has 1 amide bonds. The maximum absolute atomic E-state index is 12.0. The van der Waals surface area contributed by atoms with Crippen LogP contribution >= 0.6 is 11.6 Å². The number of ether oxygens (including phenoxy) is 2. The minimum absolute atomic E-state index is 0.176. The van der Waals surface area contributed by atoms with Crippen LogP contribution in [0, 0.1) is 18.3 Å². The predicted octanol–water partition coefficient (Wildman–Crippen LogP) is 3.55. The number of carbonyl (C=O) groups is 1. The van der Waals surface area contributed by atoms with Crippen LogP contribution in [0.3, 0.4) is 0 Å². The number of hydrogen-bond acceptors (Lipinski definition) is 4. The first-order valence-corrected chi connectivity index (χ1v) is 7.18. The number of aryl methyl sites for hydroxylation is 1. The van der Waals surface area contributed by atoms with Gasteiger partial charge in [-0.25, -0.2) is 0 Å². The van der Waals surface area contributed by atoms with E-state index in [4.69, 9.17) is 26.3 Å². The third-order valence-electron chi connectivity index (χ3n) is 3.11. The lowest BCUT2D eigenvalue weighted by atomic mass is 10.2. The van der Waals surface area contributed by atoms with Crippen molar-refractivity contribution in [3.8, 4) is 17.6 Å². The summed E-state index contributed by atoms with van der Waals surface area (Å²) in [5.41, 5.74) is 1.99. The molecule has 2 aromatic carbocycles. The average Bonchev–Trinajstić information content (AvgIpc) is 2.55. The molecule has 0 bridgehead atoms. The molecular weight excluding hydrogens is 316 g/mol. The van der Waals surface area contributed by atoms with Gasteiger partial charge in [0, 0.05) is 16.8 Å². The Morgan fingerprint density at radius 3 is 2.70 bits per heavy atom. The van der Waals surface area contributed by atoms with Gasteiger partial charge in [0.15, 0.2) is 18.1 Å². The van der Waals surface area contributed by atoms with Crippen molar-refractivity contribution in [3.63, 3.8) is 0 Å². The first-order chi connectivity index (χ1) is 11.0. The summed E-state index contributed by atoms with van der Waals surface area (Å²) < 4.78 is 10.6. The lowest BCUT2D eigenvalue weighted by molar-refractivity contribution is -0.118. The Labute approximate surface area is 139 Å². The topological polar surface area (TPSA) is 71.3 Å². The third kappa shape index (κ3) is 4.38. The molecule has 0 unspecified atom stereocenters. The molecule has 0 saturated carbocycles. The zero-order chi connectivity index (χ0) is 16.8. The number of nitrogens with one attached hydrogen (secondary N) is 1. The van der Waals surface area contributed by atoms with Gasteiger partial charge in [-0.1, -0.05) is 11.6 Å². The minimum atomic E-state index is -0.304. The molecule has 0 aliphatic rings. The molecule has 2 aromatic rings. The molecule has 0 radical (unpaired) electrons. The fraction of sp³-hybridized carbons (Fsp3) is 0.176. The fourth-order valence-corrected chi connectivity index (χ4v) is 2.18. The number of nitriles is 1. The summed E-state index contributed by atoms with van der Waals surface area (Å²) in [5, 5.41) is 12.2. The van der Waals surface area contributed by atoms with Crippen molar-refractivity contribution in [2.75, 3.05) is 19.0 Å². The van der Waals surface area contributed by atoms with Gasteiger partial charge in [-0.2, -0.15) is 5.26 Å². The second-order valence-corrected chi connectivity index (χ2v) is 5.21. The smallest absolute Gasteiger partial charge is 0.262 e. The number of rotatable bonds is 5. The van der Waals surface area contributed by atoms with Gasteiger partial charge in [-0.3, -0.25) is 4.79 Å². The minimum Gasteiger partial charge on any atom is -0.493 e. The van der Waals surface area contributed by atoms with Gasteiger partial charge in [0.25, 0.3) is 5.91 Å². The summed E-state index contributed by atoms with van der Waals surface area (Å²) in [6, 6.07) is 12.0. The number of amides is 1. The number of halogens is 1. The van der Waals surface area contributed by atoms with Crippen LogP contribution in [-0.4, -0.2) is 19.6 Å². The molecule has 23 heavy (non-hydrogen) atoms. The molecule has 1 N–H and O–H groups in total. The van der Waals surface area contributed by atoms with Crippen LogP contribution in [0.5, 0.6) is 11.5 Å². The zero-order valence-electron chi connectivity index (χ0n) is 12.7. The van der Waals surface area contributed by atoms with Gasteiger partial charge in [-0.05, 0) is 42.8 Å². The third-order valence-corrected chi connectivity index (χ3v) is 3.35. The lowest BCUT2D eigenvalue weighted by Crippen LogP contribution is -2.20. The Balaban J connectivity index is 2.00. The molecule has 5 nitrogen and oxygen atoms in total. The second-order valence-electron chi connectivity index (χ2n) is 4.77. The Morgan fingerprint density at radius 1 is 1.26 bits per heavy atom. The summed E-state index contributed by atoms with van der Waals surface area (Å²) in [4.78, 5) is 12.0. The number of anilines is 1. The zero-order valence-corrected chi connectivity index (χ0v) is 13.5. The largest absolute Gasteiger partial charge is 0.493 e. The summed E-state index contributed by atoms with van der Waals surface area (Å²) in [7, 11) is 1.47. The van der Waals surface area contributed by atoms with E-state index in [-0.39, 0.29) is 12.5 Å². The molecule has 0 aromatic heterocycles. The number of carbonyl (C=O) groups excluding carboxylic acids is 1. The average molecular weight is 331 g/mol. The Morgan fingerprint density at radius 2 is 2.04 bits per heavy atom. The molecule has 0 atom stereocenters. The molecule has 6 heteroatoms. The van der Waals surface area contributed by atoms with Gasteiger partial charge in [0.2, 0.25) is 0 Å². The van der Waals surface area contributed by atoms with Crippen LogP contribution in [0.25, 0.3) is 0 Å². The van der Waals surface area contributed by atoms with E-state index in [0.29, 0.717) is 27.8 Å². The van der Waals surface area contributed by atoms with Crippen molar-refractivity contribution in [3.05, 3.63) is 52.5 Å². The van der Waals surface area contributed by atoms with Crippen molar-refractivity contribution in [2.24, 2.45) is 0 Å². The quantitative estimate of drug-likeness (QED) is 0.910. The van der Waals surface area contributed by atoms with E-state index in [1.54, 1.807) is 36.4 Å². The molecule has 0 fully saturated rings. The second kappa shape index (κ2) is 7.52. The molecule has 0 heterocycles. The van der Waals surface area contributed by atoms with E-state index >= 15 is 0 Å². The Kier molecular flexibility index (Phi) is 5.45. The van der Waals surface area contributed by atoms with E-state index in [0.717, 1.165) is 5.56 Å². The Bertz CT molecular complexity index is 769. The highest BCUT2D eigenvalue weighted by Gasteiger charge is 2.10. The van der Waals surface area contributed by atoms with Crippen molar-refractivity contribution in [1.82, 2.24) is 0 Å². The van der Waals surface area contributed by atoms with Crippen LogP contribution in [0.1, 0.15) is 11.1 Å². The molecule has 118 valence electrons. The molecule has 0 aliphatic carbocycles. The van der Waals surface area contributed by atoms with E-state index in [1.807, 2.05) is 13.0 Å².